The maximum absolute atomic E-state index is 9.65. The van der Waals surface area contributed by atoms with Gasteiger partial charge in [-0.1, -0.05) is 80.1 Å². The van der Waals surface area contributed by atoms with E-state index < -0.39 is 0 Å². The highest BCUT2D eigenvalue weighted by Crippen LogP contribution is 2.28. The number of unbranched alkanes of at least 4 members (excludes halogenated alkanes) is 1. The van der Waals surface area contributed by atoms with E-state index in [1.54, 1.807) is 6.20 Å². The van der Waals surface area contributed by atoms with Gasteiger partial charge >= 0.3 is 0 Å². The average Bonchev–Trinajstić information content (AvgIpc) is 3.35. The summed E-state index contributed by atoms with van der Waals surface area (Å²) < 4.78 is 0. The largest absolute Gasteiger partial charge is 0.360 e. The van der Waals surface area contributed by atoms with Crippen LogP contribution >= 0.6 is 11.3 Å². The number of hydrogen-bond donors (Lipinski definition) is 1. The number of rotatable bonds is 8. The van der Waals surface area contributed by atoms with Crippen LogP contribution in [0.25, 0.3) is 28.0 Å². The zero-order valence-electron chi connectivity index (χ0n) is 18.1. The van der Waals surface area contributed by atoms with E-state index >= 15 is 0 Å². The summed E-state index contributed by atoms with van der Waals surface area (Å²) in [5.41, 5.74) is 7.11. The van der Waals surface area contributed by atoms with Gasteiger partial charge < -0.3 is 5.32 Å². The Morgan fingerprint density at radius 2 is 1.62 bits per heavy atom. The second-order valence-electron chi connectivity index (χ2n) is 7.60. The molecule has 0 fully saturated rings. The number of nitrogens with one attached hydrogen (secondary N) is 1. The van der Waals surface area contributed by atoms with Crippen LogP contribution in [-0.4, -0.2) is 4.98 Å². The third-order valence-electron chi connectivity index (χ3n) is 5.30. The minimum Gasteiger partial charge on any atom is -0.360 e. The Balaban J connectivity index is 1.46. The molecule has 32 heavy (non-hydrogen) atoms. The number of hydrogen-bond acceptors (Lipinski definition) is 4. The summed E-state index contributed by atoms with van der Waals surface area (Å²) in [7, 11) is 0. The molecule has 4 aromatic rings. The number of thiazole rings is 1. The molecular formula is C28H25N3S. The van der Waals surface area contributed by atoms with Crippen molar-refractivity contribution in [1.29, 1.82) is 5.26 Å². The Kier molecular flexibility index (Phi) is 7.12. The van der Waals surface area contributed by atoms with Gasteiger partial charge in [0.05, 0.1) is 5.69 Å². The lowest BCUT2D eigenvalue weighted by molar-refractivity contribution is 0.795. The molecular weight excluding hydrogens is 410 g/mol. The number of aryl methyl sites for hydroxylation is 1. The molecule has 3 aromatic carbocycles. The molecule has 0 saturated heterocycles. The third-order valence-corrected chi connectivity index (χ3v) is 6.17. The number of nitrogens with zero attached hydrogens (tertiary/aromatic N) is 2. The molecule has 158 valence electrons. The molecule has 0 radical (unpaired) electrons. The van der Waals surface area contributed by atoms with Crippen molar-refractivity contribution in [3.8, 4) is 28.5 Å². The Bertz CT molecular complexity index is 1210. The average molecular weight is 436 g/mol. The topological polar surface area (TPSA) is 48.7 Å². The number of benzene rings is 3. The van der Waals surface area contributed by atoms with Crippen molar-refractivity contribution < 1.29 is 0 Å². The molecule has 0 saturated carbocycles. The first-order valence-corrected chi connectivity index (χ1v) is 11.7. The normalized spacial score (nSPS) is 11.2. The zero-order chi connectivity index (χ0) is 22.2. The third kappa shape index (κ3) is 5.32. The molecule has 1 N–H and O–H groups in total. The first-order chi connectivity index (χ1) is 15.8. The van der Waals surface area contributed by atoms with Gasteiger partial charge in [-0.3, -0.25) is 0 Å². The lowest BCUT2D eigenvalue weighted by Gasteiger charge is -2.04. The highest BCUT2D eigenvalue weighted by atomic mass is 32.1. The smallest absolute Gasteiger partial charge is 0.136 e. The van der Waals surface area contributed by atoms with E-state index in [-0.39, 0.29) is 0 Å². The fraction of sp³-hybridized carbons (Fsp3) is 0.143. The van der Waals surface area contributed by atoms with Gasteiger partial charge in [-0.25, -0.2) is 4.98 Å². The summed E-state index contributed by atoms with van der Waals surface area (Å²) in [5, 5.41) is 15.6. The highest BCUT2D eigenvalue weighted by molar-refractivity contribution is 7.11. The molecule has 0 aliphatic rings. The lowest BCUT2D eigenvalue weighted by atomic mass is 10.0. The van der Waals surface area contributed by atoms with E-state index in [0.29, 0.717) is 10.6 Å². The summed E-state index contributed by atoms with van der Waals surface area (Å²) in [5.74, 6) is 0. The van der Waals surface area contributed by atoms with Gasteiger partial charge in [-0.15, -0.1) is 11.3 Å². The minimum absolute atomic E-state index is 0.525. The van der Waals surface area contributed by atoms with Crippen LogP contribution in [0.1, 0.15) is 30.3 Å². The number of nitriles is 1. The van der Waals surface area contributed by atoms with Crippen LogP contribution in [0.3, 0.4) is 0 Å². The quantitative estimate of drug-likeness (QED) is 0.287. The van der Waals surface area contributed by atoms with Gasteiger partial charge in [0.2, 0.25) is 0 Å². The van der Waals surface area contributed by atoms with Gasteiger partial charge in [0.15, 0.2) is 0 Å². The van der Waals surface area contributed by atoms with Crippen LogP contribution < -0.4 is 5.32 Å². The van der Waals surface area contributed by atoms with Crippen LogP contribution in [0, 0.1) is 11.3 Å². The van der Waals surface area contributed by atoms with Crippen molar-refractivity contribution in [3.05, 3.63) is 101 Å². The maximum atomic E-state index is 9.65. The molecule has 1 heterocycles. The fourth-order valence-corrected chi connectivity index (χ4v) is 4.23. The Labute approximate surface area is 193 Å². The predicted molar refractivity (Wildman–Crippen MR) is 135 cm³/mol. The molecule has 4 heteroatoms. The van der Waals surface area contributed by atoms with E-state index in [9.17, 15) is 5.26 Å². The highest BCUT2D eigenvalue weighted by Gasteiger charge is 2.09. The second-order valence-corrected chi connectivity index (χ2v) is 8.45. The summed E-state index contributed by atoms with van der Waals surface area (Å²) in [6.45, 7) is 2.20. The van der Waals surface area contributed by atoms with Crippen molar-refractivity contribution in [3.63, 3.8) is 0 Å². The van der Waals surface area contributed by atoms with Crippen LogP contribution in [0.4, 0.5) is 5.69 Å². The van der Waals surface area contributed by atoms with Crippen LogP contribution in [0.2, 0.25) is 0 Å². The van der Waals surface area contributed by atoms with Gasteiger partial charge in [-0.05, 0) is 41.7 Å². The Morgan fingerprint density at radius 1 is 0.938 bits per heavy atom. The van der Waals surface area contributed by atoms with Crippen molar-refractivity contribution in [2.24, 2.45) is 0 Å². The van der Waals surface area contributed by atoms with Crippen LogP contribution in [0.5, 0.6) is 0 Å². The fourth-order valence-electron chi connectivity index (χ4n) is 3.44. The lowest BCUT2D eigenvalue weighted by Crippen LogP contribution is -1.92. The van der Waals surface area contributed by atoms with E-state index in [1.165, 1.54) is 40.9 Å². The standard InChI is InChI=1S/C28H25N3S/c1-2-3-7-21-10-16-26(17-11-21)30-19-25(18-29)28-31-27(20-32-28)24-14-12-23(13-15-24)22-8-5-4-6-9-22/h4-6,8-17,19-20,30H,2-3,7H2,1H3. The molecule has 3 nitrogen and oxygen atoms in total. The van der Waals surface area contributed by atoms with Crippen molar-refractivity contribution in [2.75, 3.05) is 5.32 Å². The van der Waals surface area contributed by atoms with Crippen molar-refractivity contribution in [2.45, 2.75) is 26.2 Å². The molecule has 0 spiro atoms. The summed E-state index contributed by atoms with van der Waals surface area (Å²) in [6.07, 6.45) is 5.24. The summed E-state index contributed by atoms with van der Waals surface area (Å²) in [4.78, 5) is 4.70. The van der Waals surface area contributed by atoms with Gasteiger partial charge in [0.25, 0.3) is 0 Å². The van der Waals surface area contributed by atoms with Crippen LogP contribution in [0.15, 0.2) is 90.4 Å². The molecule has 0 amide bonds. The van der Waals surface area contributed by atoms with E-state index in [1.807, 2.05) is 23.6 Å². The monoisotopic (exact) mass is 435 g/mol. The molecule has 0 bridgehead atoms. The van der Waals surface area contributed by atoms with Gasteiger partial charge in [0, 0.05) is 22.8 Å². The van der Waals surface area contributed by atoms with Crippen molar-refractivity contribution in [1.82, 2.24) is 4.98 Å². The summed E-state index contributed by atoms with van der Waals surface area (Å²) >= 11 is 1.48. The van der Waals surface area contributed by atoms with E-state index in [0.717, 1.165) is 23.4 Å². The first kappa shape index (κ1) is 21.5. The molecule has 0 aliphatic heterocycles. The predicted octanol–water partition coefficient (Wildman–Crippen LogP) is 7.80. The van der Waals surface area contributed by atoms with E-state index in [4.69, 9.17) is 4.98 Å². The molecule has 0 aliphatic carbocycles. The number of allylic oxidation sites excluding steroid dienone is 1. The first-order valence-electron chi connectivity index (χ1n) is 10.8. The van der Waals surface area contributed by atoms with Crippen molar-refractivity contribution >= 4 is 22.6 Å². The van der Waals surface area contributed by atoms with E-state index in [2.05, 4.69) is 79.0 Å². The van der Waals surface area contributed by atoms with Crippen LogP contribution in [-0.2, 0) is 6.42 Å². The Hall–Kier alpha value is -3.68. The molecule has 1 aromatic heterocycles. The van der Waals surface area contributed by atoms with Gasteiger partial charge in [0.1, 0.15) is 16.6 Å². The minimum atomic E-state index is 0.525. The zero-order valence-corrected chi connectivity index (χ0v) is 18.9. The van der Waals surface area contributed by atoms with Gasteiger partial charge in [-0.2, -0.15) is 5.26 Å². The number of aromatic nitrogens is 1. The second kappa shape index (κ2) is 10.6. The maximum Gasteiger partial charge on any atom is 0.136 e. The Morgan fingerprint density at radius 3 is 2.31 bits per heavy atom. The number of anilines is 1. The molecule has 4 rings (SSSR count). The summed E-state index contributed by atoms with van der Waals surface area (Å²) in [6, 6.07) is 29.3. The SMILES string of the molecule is CCCCc1ccc(NC=C(C#N)c2nc(-c3ccc(-c4ccccc4)cc3)cs2)cc1. The molecule has 0 atom stereocenters. The molecule has 0 unspecified atom stereocenters.